The predicted octanol–water partition coefficient (Wildman–Crippen LogP) is 2.64. The summed E-state index contributed by atoms with van der Waals surface area (Å²) in [5.41, 5.74) is 1.75. The van der Waals surface area contributed by atoms with E-state index >= 15 is 0 Å². The van der Waals surface area contributed by atoms with Crippen LogP contribution >= 0.6 is 0 Å². The molecule has 4 nitrogen and oxygen atoms in total. The molecule has 1 amide bonds. The molecule has 1 aliphatic carbocycles. The van der Waals surface area contributed by atoms with Crippen LogP contribution in [0.1, 0.15) is 48.9 Å². The first-order chi connectivity index (χ1) is 10.2. The molecule has 1 heterocycles. The fraction of sp³-hybridized carbons (Fsp3) is 0.588. The maximum atomic E-state index is 12.5. The molecule has 0 bridgehead atoms. The second-order valence-electron chi connectivity index (χ2n) is 6.25. The summed E-state index contributed by atoms with van der Waals surface area (Å²) in [5, 5.41) is 13.2. The Kier molecular flexibility index (Phi) is 4.44. The lowest BCUT2D eigenvalue weighted by Gasteiger charge is -2.30. The highest BCUT2D eigenvalue weighted by Gasteiger charge is 2.23. The number of hydrogen-bond acceptors (Lipinski definition) is 3. The van der Waals surface area contributed by atoms with Gasteiger partial charge in [-0.25, -0.2) is 0 Å². The molecule has 0 radical (unpaired) electrons. The number of nitrogens with zero attached hydrogens (tertiary/aromatic N) is 1. The van der Waals surface area contributed by atoms with Gasteiger partial charge in [0.2, 0.25) is 0 Å². The van der Waals surface area contributed by atoms with E-state index in [1.54, 1.807) is 4.90 Å². The van der Waals surface area contributed by atoms with Crippen molar-refractivity contribution in [3.05, 3.63) is 29.8 Å². The Hall–Kier alpha value is -1.55. The van der Waals surface area contributed by atoms with Gasteiger partial charge in [0.25, 0.3) is 5.91 Å². The summed E-state index contributed by atoms with van der Waals surface area (Å²) >= 11 is 0. The third-order valence-electron chi connectivity index (χ3n) is 4.52. The van der Waals surface area contributed by atoms with Crippen molar-refractivity contribution in [2.45, 2.75) is 50.7 Å². The Morgan fingerprint density at radius 2 is 2.00 bits per heavy atom. The van der Waals surface area contributed by atoms with E-state index in [1.165, 1.54) is 25.7 Å². The van der Waals surface area contributed by atoms with Crippen molar-refractivity contribution in [1.82, 2.24) is 4.90 Å². The molecule has 0 aromatic heterocycles. The minimum Gasteiger partial charge on any atom is -0.391 e. The summed E-state index contributed by atoms with van der Waals surface area (Å²) in [5.74, 6) is 0.0313. The second kappa shape index (κ2) is 6.48. The van der Waals surface area contributed by atoms with Crippen LogP contribution < -0.4 is 5.32 Å². The molecule has 1 aromatic carbocycles. The van der Waals surface area contributed by atoms with E-state index in [9.17, 15) is 9.90 Å². The van der Waals surface area contributed by atoms with Crippen molar-refractivity contribution in [2.75, 3.05) is 18.4 Å². The lowest BCUT2D eigenvalue weighted by Crippen LogP contribution is -2.42. The highest BCUT2D eigenvalue weighted by molar-refractivity contribution is 5.95. The number of piperidine rings is 1. The summed E-state index contributed by atoms with van der Waals surface area (Å²) in [4.78, 5) is 14.3. The van der Waals surface area contributed by atoms with Crippen LogP contribution in [0.2, 0.25) is 0 Å². The Morgan fingerprint density at radius 1 is 1.19 bits per heavy atom. The number of likely N-dealkylation sites (tertiary alicyclic amines) is 1. The van der Waals surface area contributed by atoms with E-state index in [0.29, 0.717) is 18.2 Å². The topological polar surface area (TPSA) is 52.6 Å². The molecule has 2 N–H and O–H groups in total. The van der Waals surface area contributed by atoms with Crippen LogP contribution in [0.5, 0.6) is 0 Å². The fourth-order valence-electron chi connectivity index (χ4n) is 3.37. The van der Waals surface area contributed by atoms with Gasteiger partial charge in [-0.15, -0.1) is 0 Å². The van der Waals surface area contributed by atoms with Gasteiger partial charge in [-0.2, -0.15) is 0 Å². The zero-order valence-electron chi connectivity index (χ0n) is 12.4. The molecule has 1 aromatic rings. The summed E-state index contributed by atoms with van der Waals surface area (Å²) < 4.78 is 0. The van der Waals surface area contributed by atoms with Gasteiger partial charge < -0.3 is 15.3 Å². The van der Waals surface area contributed by atoms with Gasteiger partial charge in [-0.3, -0.25) is 4.79 Å². The number of rotatable bonds is 3. The summed E-state index contributed by atoms with van der Waals surface area (Å²) in [6.07, 6.45) is 6.33. The minimum atomic E-state index is -0.373. The molecule has 3 rings (SSSR count). The number of β-amino-alcohol motifs (C(OH)–C–C–N with tert-alkyl or cyclic N) is 1. The van der Waals surface area contributed by atoms with Gasteiger partial charge >= 0.3 is 0 Å². The third kappa shape index (κ3) is 3.56. The summed E-state index contributed by atoms with van der Waals surface area (Å²) in [6, 6.07) is 8.32. The number of aliphatic hydroxyl groups is 1. The van der Waals surface area contributed by atoms with Crippen LogP contribution in [-0.2, 0) is 0 Å². The highest BCUT2D eigenvalue weighted by atomic mass is 16.3. The number of anilines is 1. The second-order valence-corrected chi connectivity index (χ2v) is 6.25. The van der Waals surface area contributed by atoms with Crippen LogP contribution in [-0.4, -0.2) is 41.1 Å². The first-order valence-electron chi connectivity index (χ1n) is 8.06. The molecular formula is C17H24N2O2. The Balaban J connectivity index is 1.68. The average Bonchev–Trinajstić information content (AvgIpc) is 3.00. The Labute approximate surface area is 126 Å². The van der Waals surface area contributed by atoms with E-state index in [2.05, 4.69) is 5.32 Å². The SMILES string of the molecule is O=C(c1cccc(NC2CCCC2)c1)N1CCCC(O)C1. The van der Waals surface area contributed by atoms with Gasteiger partial charge in [-0.1, -0.05) is 18.9 Å². The van der Waals surface area contributed by atoms with Gasteiger partial charge in [0.15, 0.2) is 0 Å². The number of nitrogens with one attached hydrogen (secondary N) is 1. The smallest absolute Gasteiger partial charge is 0.254 e. The maximum Gasteiger partial charge on any atom is 0.254 e. The van der Waals surface area contributed by atoms with Crippen molar-refractivity contribution < 1.29 is 9.90 Å². The third-order valence-corrected chi connectivity index (χ3v) is 4.52. The number of carbonyl (C=O) groups excluding carboxylic acids is 1. The summed E-state index contributed by atoms with van der Waals surface area (Å²) in [7, 11) is 0. The molecule has 114 valence electrons. The molecular weight excluding hydrogens is 264 g/mol. The molecule has 1 unspecified atom stereocenters. The first kappa shape index (κ1) is 14.4. The van der Waals surface area contributed by atoms with Crippen LogP contribution in [0.4, 0.5) is 5.69 Å². The fourth-order valence-corrected chi connectivity index (χ4v) is 3.37. The van der Waals surface area contributed by atoms with E-state index in [0.717, 1.165) is 25.1 Å². The highest BCUT2D eigenvalue weighted by Crippen LogP contribution is 2.23. The Morgan fingerprint density at radius 3 is 2.76 bits per heavy atom. The Bertz CT molecular complexity index is 497. The van der Waals surface area contributed by atoms with Crippen molar-refractivity contribution >= 4 is 11.6 Å². The van der Waals surface area contributed by atoms with Crippen molar-refractivity contribution in [1.29, 1.82) is 0 Å². The molecule has 1 saturated heterocycles. The van der Waals surface area contributed by atoms with E-state index < -0.39 is 0 Å². The number of amides is 1. The normalized spacial score (nSPS) is 23.3. The number of aliphatic hydroxyl groups excluding tert-OH is 1. The quantitative estimate of drug-likeness (QED) is 0.899. The average molecular weight is 288 g/mol. The number of carbonyl (C=O) groups is 1. The van der Waals surface area contributed by atoms with Crippen molar-refractivity contribution in [3.8, 4) is 0 Å². The molecule has 2 fully saturated rings. The molecule has 1 aliphatic heterocycles. The number of hydrogen-bond donors (Lipinski definition) is 2. The minimum absolute atomic E-state index is 0.0313. The van der Waals surface area contributed by atoms with Gasteiger partial charge in [0.1, 0.15) is 0 Å². The molecule has 2 aliphatic rings. The maximum absolute atomic E-state index is 12.5. The van der Waals surface area contributed by atoms with Crippen molar-refractivity contribution in [3.63, 3.8) is 0 Å². The van der Waals surface area contributed by atoms with Crippen LogP contribution in [0.15, 0.2) is 24.3 Å². The monoisotopic (exact) mass is 288 g/mol. The van der Waals surface area contributed by atoms with E-state index in [4.69, 9.17) is 0 Å². The summed E-state index contributed by atoms with van der Waals surface area (Å²) in [6.45, 7) is 1.20. The van der Waals surface area contributed by atoms with Gasteiger partial charge in [0.05, 0.1) is 6.10 Å². The molecule has 1 atom stereocenters. The largest absolute Gasteiger partial charge is 0.391 e. The van der Waals surface area contributed by atoms with Crippen LogP contribution in [0.3, 0.4) is 0 Å². The van der Waals surface area contributed by atoms with Crippen LogP contribution in [0, 0.1) is 0 Å². The lowest BCUT2D eigenvalue weighted by molar-refractivity contribution is 0.0474. The van der Waals surface area contributed by atoms with Crippen LogP contribution in [0.25, 0.3) is 0 Å². The molecule has 4 heteroatoms. The van der Waals surface area contributed by atoms with Gasteiger partial charge in [0, 0.05) is 30.4 Å². The molecule has 21 heavy (non-hydrogen) atoms. The van der Waals surface area contributed by atoms with Gasteiger partial charge in [-0.05, 0) is 43.9 Å². The van der Waals surface area contributed by atoms with E-state index in [-0.39, 0.29) is 12.0 Å². The first-order valence-corrected chi connectivity index (χ1v) is 8.06. The number of benzene rings is 1. The predicted molar refractivity (Wildman–Crippen MR) is 83.5 cm³/mol. The zero-order chi connectivity index (χ0) is 14.7. The van der Waals surface area contributed by atoms with Crippen molar-refractivity contribution in [2.24, 2.45) is 0 Å². The standard InChI is InChI=1S/C17H24N2O2/c20-16-9-4-10-19(12-16)17(21)13-5-3-8-15(11-13)18-14-6-1-2-7-14/h3,5,8,11,14,16,18,20H,1-2,4,6-7,9-10,12H2. The zero-order valence-corrected chi connectivity index (χ0v) is 12.4. The molecule has 1 saturated carbocycles. The lowest BCUT2D eigenvalue weighted by atomic mass is 10.1. The molecule has 0 spiro atoms. The van der Waals surface area contributed by atoms with E-state index in [1.807, 2.05) is 24.3 Å².